The van der Waals surface area contributed by atoms with Crippen molar-refractivity contribution in [2.45, 2.75) is 32.7 Å². The highest BCUT2D eigenvalue weighted by molar-refractivity contribution is 5.59. The number of hydrogen-bond donors (Lipinski definition) is 2. The van der Waals surface area contributed by atoms with Crippen LogP contribution in [0.3, 0.4) is 0 Å². The molecule has 1 aliphatic rings. The van der Waals surface area contributed by atoms with Crippen LogP contribution in [0.4, 0.5) is 5.69 Å². The van der Waals surface area contributed by atoms with Crippen LogP contribution in [-0.4, -0.2) is 34.0 Å². The van der Waals surface area contributed by atoms with E-state index >= 15 is 0 Å². The van der Waals surface area contributed by atoms with Crippen molar-refractivity contribution in [2.24, 2.45) is 5.73 Å². The summed E-state index contributed by atoms with van der Waals surface area (Å²) in [7, 11) is 0. The Labute approximate surface area is 125 Å². The quantitative estimate of drug-likeness (QED) is 0.887. The molecule has 0 aliphatic carbocycles. The lowest BCUT2D eigenvalue weighted by Gasteiger charge is -2.32. The van der Waals surface area contributed by atoms with Gasteiger partial charge in [0.15, 0.2) is 0 Å². The molecule has 0 spiro atoms. The molecule has 0 unspecified atom stereocenters. The molecule has 3 N–H and O–H groups in total. The maximum atomic E-state index is 10.0. The zero-order valence-electron chi connectivity index (χ0n) is 12.6. The molecular weight excluding hydrogens is 264 g/mol. The molecular formula is C16H22N4O. The van der Waals surface area contributed by atoms with Gasteiger partial charge in [-0.25, -0.2) is 4.68 Å². The minimum absolute atomic E-state index is 0.246. The van der Waals surface area contributed by atoms with Gasteiger partial charge >= 0.3 is 0 Å². The minimum atomic E-state index is 0.246. The Bertz CT molecular complexity index is 642. The number of hydrogen-bond acceptors (Lipinski definition) is 4. The molecule has 0 bridgehead atoms. The van der Waals surface area contributed by atoms with Gasteiger partial charge in [0.25, 0.3) is 0 Å². The molecule has 2 heterocycles. The molecule has 0 saturated carbocycles. The van der Waals surface area contributed by atoms with Gasteiger partial charge in [-0.2, -0.15) is 5.10 Å². The second-order valence-electron chi connectivity index (χ2n) is 5.74. The minimum Gasteiger partial charge on any atom is -0.506 e. The molecule has 21 heavy (non-hydrogen) atoms. The number of nitrogens with zero attached hydrogens (tertiary/aromatic N) is 3. The summed E-state index contributed by atoms with van der Waals surface area (Å²) in [5, 5.41) is 14.7. The number of rotatable bonds is 2. The van der Waals surface area contributed by atoms with E-state index in [1.807, 2.05) is 29.8 Å². The summed E-state index contributed by atoms with van der Waals surface area (Å²) in [6.45, 7) is 6.01. The van der Waals surface area contributed by atoms with Gasteiger partial charge < -0.3 is 15.7 Å². The summed E-state index contributed by atoms with van der Waals surface area (Å²) in [6.07, 6.45) is 2.03. The fourth-order valence-electron chi connectivity index (χ4n) is 3.09. The molecule has 1 aromatic heterocycles. The zero-order valence-corrected chi connectivity index (χ0v) is 12.6. The Morgan fingerprint density at radius 2 is 1.86 bits per heavy atom. The number of aromatic hydroxyl groups is 1. The van der Waals surface area contributed by atoms with Crippen LogP contribution < -0.4 is 10.6 Å². The predicted octanol–water partition coefficient (Wildman–Crippen LogP) is 2.12. The Morgan fingerprint density at radius 3 is 2.52 bits per heavy atom. The maximum Gasteiger partial charge on any atom is 0.141 e. The summed E-state index contributed by atoms with van der Waals surface area (Å²) in [4.78, 5) is 2.36. The van der Waals surface area contributed by atoms with Crippen LogP contribution in [0.15, 0.2) is 24.3 Å². The van der Waals surface area contributed by atoms with Crippen LogP contribution in [0.1, 0.15) is 24.2 Å². The fraction of sp³-hybridized carbons (Fsp3) is 0.438. The fourth-order valence-corrected chi connectivity index (χ4v) is 3.09. The van der Waals surface area contributed by atoms with E-state index in [2.05, 4.69) is 16.9 Å². The summed E-state index contributed by atoms with van der Waals surface area (Å²) < 4.78 is 1.83. The van der Waals surface area contributed by atoms with E-state index in [4.69, 9.17) is 5.73 Å². The van der Waals surface area contributed by atoms with E-state index < -0.39 is 0 Å². The van der Waals surface area contributed by atoms with E-state index in [0.29, 0.717) is 6.04 Å². The van der Waals surface area contributed by atoms with Crippen molar-refractivity contribution in [3.8, 4) is 11.4 Å². The van der Waals surface area contributed by atoms with Gasteiger partial charge in [0.1, 0.15) is 11.4 Å². The lowest BCUT2D eigenvalue weighted by molar-refractivity contribution is 0.470. The number of para-hydroxylation sites is 2. The molecule has 0 amide bonds. The highest BCUT2D eigenvalue weighted by Gasteiger charge is 2.23. The molecule has 1 fully saturated rings. The summed E-state index contributed by atoms with van der Waals surface area (Å²) in [6, 6.07) is 7.61. The predicted molar refractivity (Wildman–Crippen MR) is 84.1 cm³/mol. The largest absolute Gasteiger partial charge is 0.506 e. The molecule has 2 aromatic rings. The van der Waals surface area contributed by atoms with Crippen LogP contribution in [0, 0.1) is 13.8 Å². The van der Waals surface area contributed by atoms with Crippen LogP contribution in [-0.2, 0) is 0 Å². The number of anilines is 1. The maximum absolute atomic E-state index is 10.0. The number of benzene rings is 1. The van der Waals surface area contributed by atoms with Crippen molar-refractivity contribution in [3.05, 3.63) is 35.7 Å². The third-order valence-electron chi connectivity index (χ3n) is 4.22. The highest BCUT2D eigenvalue weighted by atomic mass is 16.3. The molecule has 1 aliphatic heterocycles. The standard InChI is InChI=1S/C16H22N4O/c1-11-16(19-9-7-13(17)8-10-19)12(2)20(18-11)14-5-3-4-6-15(14)21/h3-6,13,21H,7-10,17H2,1-2H3. The van der Waals surface area contributed by atoms with Gasteiger partial charge in [0, 0.05) is 19.1 Å². The number of piperidine rings is 1. The lowest BCUT2D eigenvalue weighted by Crippen LogP contribution is -2.40. The molecule has 5 nitrogen and oxygen atoms in total. The van der Waals surface area contributed by atoms with Gasteiger partial charge in [0.05, 0.1) is 17.1 Å². The van der Waals surface area contributed by atoms with Crippen LogP contribution >= 0.6 is 0 Å². The van der Waals surface area contributed by atoms with Crippen molar-refractivity contribution in [3.63, 3.8) is 0 Å². The van der Waals surface area contributed by atoms with Crippen LogP contribution in [0.25, 0.3) is 5.69 Å². The average molecular weight is 286 g/mol. The Balaban J connectivity index is 1.99. The number of aromatic nitrogens is 2. The summed E-state index contributed by atoms with van der Waals surface area (Å²) >= 11 is 0. The van der Waals surface area contributed by atoms with E-state index in [-0.39, 0.29) is 5.75 Å². The summed E-state index contributed by atoms with van der Waals surface area (Å²) in [5.74, 6) is 0.246. The third kappa shape index (κ3) is 2.49. The molecule has 5 heteroatoms. The monoisotopic (exact) mass is 286 g/mol. The van der Waals surface area contributed by atoms with Crippen molar-refractivity contribution in [1.82, 2.24) is 9.78 Å². The van der Waals surface area contributed by atoms with Crippen molar-refractivity contribution >= 4 is 5.69 Å². The van der Waals surface area contributed by atoms with E-state index in [9.17, 15) is 5.11 Å². The first-order valence-corrected chi connectivity index (χ1v) is 7.43. The van der Waals surface area contributed by atoms with Gasteiger partial charge in [-0.15, -0.1) is 0 Å². The van der Waals surface area contributed by atoms with Crippen molar-refractivity contribution in [1.29, 1.82) is 0 Å². The number of nitrogens with two attached hydrogens (primary N) is 1. The molecule has 112 valence electrons. The van der Waals surface area contributed by atoms with Gasteiger partial charge in [0.2, 0.25) is 0 Å². The smallest absolute Gasteiger partial charge is 0.141 e. The number of phenolic OH excluding ortho intramolecular Hbond substituents is 1. The van der Waals surface area contributed by atoms with Crippen molar-refractivity contribution in [2.75, 3.05) is 18.0 Å². The normalized spacial score (nSPS) is 16.4. The van der Waals surface area contributed by atoms with E-state index in [1.54, 1.807) is 6.07 Å². The molecule has 1 aromatic carbocycles. The number of phenols is 1. The molecule has 0 radical (unpaired) electrons. The molecule has 1 saturated heterocycles. The third-order valence-corrected chi connectivity index (χ3v) is 4.22. The lowest BCUT2D eigenvalue weighted by atomic mass is 10.1. The Hall–Kier alpha value is -2.01. The van der Waals surface area contributed by atoms with Crippen LogP contribution in [0.2, 0.25) is 0 Å². The first-order chi connectivity index (χ1) is 10.1. The first-order valence-electron chi connectivity index (χ1n) is 7.43. The average Bonchev–Trinajstić information content (AvgIpc) is 2.76. The highest BCUT2D eigenvalue weighted by Crippen LogP contribution is 2.31. The molecule has 0 atom stereocenters. The van der Waals surface area contributed by atoms with Crippen molar-refractivity contribution < 1.29 is 5.11 Å². The zero-order chi connectivity index (χ0) is 15.0. The second-order valence-corrected chi connectivity index (χ2v) is 5.74. The first kappa shape index (κ1) is 13.9. The van der Waals surface area contributed by atoms with Gasteiger partial charge in [-0.05, 0) is 38.8 Å². The van der Waals surface area contributed by atoms with Gasteiger partial charge in [-0.1, -0.05) is 12.1 Å². The summed E-state index contributed by atoms with van der Waals surface area (Å²) in [5.41, 5.74) is 9.93. The van der Waals surface area contributed by atoms with Crippen LogP contribution in [0.5, 0.6) is 5.75 Å². The van der Waals surface area contributed by atoms with E-state index in [1.165, 1.54) is 5.69 Å². The molecule has 3 rings (SSSR count). The topological polar surface area (TPSA) is 67.3 Å². The SMILES string of the molecule is Cc1nn(-c2ccccc2O)c(C)c1N1CCC(N)CC1. The second kappa shape index (κ2) is 5.41. The van der Waals surface area contributed by atoms with E-state index in [0.717, 1.165) is 43.0 Å². The van der Waals surface area contributed by atoms with Gasteiger partial charge in [-0.3, -0.25) is 0 Å². The Kier molecular flexibility index (Phi) is 3.59. The Morgan fingerprint density at radius 1 is 1.19 bits per heavy atom. The number of aryl methyl sites for hydroxylation is 1.